The van der Waals surface area contributed by atoms with Gasteiger partial charge in [-0.3, -0.25) is 4.79 Å². The third-order valence-electron chi connectivity index (χ3n) is 3.66. The van der Waals surface area contributed by atoms with Crippen LogP contribution < -0.4 is 11.1 Å². The van der Waals surface area contributed by atoms with Crippen molar-refractivity contribution in [3.63, 3.8) is 0 Å². The van der Waals surface area contributed by atoms with Crippen molar-refractivity contribution in [3.8, 4) is 0 Å². The van der Waals surface area contributed by atoms with E-state index in [1.165, 1.54) is 0 Å². The Bertz CT molecular complexity index is 376. The highest BCUT2D eigenvalue weighted by Crippen LogP contribution is 2.24. The number of imidazole rings is 1. The van der Waals surface area contributed by atoms with Gasteiger partial charge in [0.2, 0.25) is 5.91 Å². The zero-order valence-electron chi connectivity index (χ0n) is 10.9. The molecule has 0 aromatic carbocycles. The van der Waals surface area contributed by atoms with Gasteiger partial charge in [0.05, 0.1) is 6.04 Å². The van der Waals surface area contributed by atoms with Crippen LogP contribution in [0, 0.1) is 5.92 Å². The van der Waals surface area contributed by atoms with E-state index < -0.39 is 0 Å². The highest BCUT2D eigenvalue weighted by atomic mass is 16.1. The third-order valence-corrected chi connectivity index (χ3v) is 3.66. The van der Waals surface area contributed by atoms with Crippen LogP contribution in [-0.2, 0) is 4.79 Å². The molecule has 3 atom stereocenters. The maximum absolute atomic E-state index is 12.2. The van der Waals surface area contributed by atoms with Crippen molar-refractivity contribution in [2.75, 3.05) is 0 Å². The van der Waals surface area contributed by atoms with E-state index in [-0.39, 0.29) is 23.9 Å². The third kappa shape index (κ3) is 3.10. The largest absolute Gasteiger partial charge is 0.347 e. The SMILES string of the molecule is CCC(NC(=O)C1CCCC(N)C1)c1ncc[nH]1. The molecular weight excluding hydrogens is 228 g/mol. The number of aromatic amines is 1. The van der Waals surface area contributed by atoms with Gasteiger partial charge in [-0.15, -0.1) is 0 Å². The van der Waals surface area contributed by atoms with Crippen molar-refractivity contribution in [1.29, 1.82) is 0 Å². The van der Waals surface area contributed by atoms with Crippen LogP contribution in [0.25, 0.3) is 0 Å². The fraction of sp³-hybridized carbons (Fsp3) is 0.692. The average Bonchev–Trinajstić information content (AvgIpc) is 2.89. The smallest absolute Gasteiger partial charge is 0.223 e. The lowest BCUT2D eigenvalue weighted by molar-refractivity contribution is -0.127. The summed E-state index contributed by atoms with van der Waals surface area (Å²) in [6.07, 6.45) is 8.17. The van der Waals surface area contributed by atoms with Crippen LogP contribution in [0.15, 0.2) is 12.4 Å². The molecule has 1 aromatic rings. The van der Waals surface area contributed by atoms with Crippen LogP contribution >= 0.6 is 0 Å². The van der Waals surface area contributed by atoms with Gasteiger partial charge in [0, 0.05) is 24.4 Å². The number of aromatic nitrogens is 2. The second-order valence-electron chi connectivity index (χ2n) is 5.07. The minimum Gasteiger partial charge on any atom is -0.347 e. The summed E-state index contributed by atoms with van der Waals surface area (Å²) in [5.74, 6) is 1.01. The Morgan fingerprint density at radius 3 is 3.11 bits per heavy atom. The molecule has 2 rings (SSSR count). The van der Waals surface area contributed by atoms with E-state index in [4.69, 9.17) is 5.73 Å². The molecule has 0 saturated heterocycles. The van der Waals surface area contributed by atoms with Crippen LogP contribution in [0.5, 0.6) is 0 Å². The molecule has 0 bridgehead atoms. The molecule has 0 aliphatic heterocycles. The van der Waals surface area contributed by atoms with Gasteiger partial charge in [-0.25, -0.2) is 4.98 Å². The molecule has 1 aromatic heterocycles. The Kier molecular flexibility index (Phi) is 4.36. The summed E-state index contributed by atoms with van der Waals surface area (Å²) in [6.45, 7) is 2.04. The van der Waals surface area contributed by atoms with E-state index in [0.29, 0.717) is 0 Å². The first-order valence-electron chi connectivity index (χ1n) is 6.76. The molecule has 0 spiro atoms. The Hall–Kier alpha value is -1.36. The van der Waals surface area contributed by atoms with Gasteiger partial charge in [0.15, 0.2) is 0 Å². The maximum Gasteiger partial charge on any atom is 0.223 e. The molecule has 5 heteroatoms. The van der Waals surface area contributed by atoms with Crippen molar-refractivity contribution in [2.24, 2.45) is 11.7 Å². The minimum absolute atomic E-state index is 0.0225. The Morgan fingerprint density at radius 1 is 1.67 bits per heavy atom. The number of rotatable bonds is 4. The molecule has 0 radical (unpaired) electrons. The molecule has 3 unspecified atom stereocenters. The lowest BCUT2D eigenvalue weighted by Gasteiger charge is -2.27. The van der Waals surface area contributed by atoms with Crippen LogP contribution in [0.1, 0.15) is 50.9 Å². The van der Waals surface area contributed by atoms with Gasteiger partial charge in [0.1, 0.15) is 5.82 Å². The molecule has 4 N–H and O–H groups in total. The molecule has 100 valence electrons. The molecule has 1 heterocycles. The van der Waals surface area contributed by atoms with E-state index in [1.54, 1.807) is 12.4 Å². The summed E-state index contributed by atoms with van der Waals surface area (Å²) in [7, 11) is 0. The highest BCUT2D eigenvalue weighted by molar-refractivity contribution is 5.79. The van der Waals surface area contributed by atoms with E-state index in [0.717, 1.165) is 37.9 Å². The molecule has 1 aliphatic rings. The van der Waals surface area contributed by atoms with Crippen LogP contribution in [0.4, 0.5) is 0 Å². The van der Waals surface area contributed by atoms with E-state index in [1.807, 2.05) is 6.92 Å². The highest BCUT2D eigenvalue weighted by Gasteiger charge is 2.27. The molecule has 1 amide bonds. The Labute approximate surface area is 108 Å². The maximum atomic E-state index is 12.2. The number of carbonyl (C=O) groups is 1. The predicted molar refractivity (Wildman–Crippen MR) is 69.7 cm³/mol. The van der Waals surface area contributed by atoms with Gasteiger partial charge >= 0.3 is 0 Å². The summed E-state index contributed by atoms with van der Waals surface area (Å²) in [5.41, 5.74) is 5.92. The minimum atomic E-state index is -0.0225. The van der Waals surface area contributed by atoms with Crippen LogP contribution in [0.3, 0.4) is 0 Å². The van der Waals surface area contributed by atoms with Crippen molar-refractivity contribution in [2.45, 2.75) is 51.1 Å². The number of amides is 1. The fourth-order valence-corrected chi connectivity index (χ4v) is 2.59. The number of hydrogen-bond acceptors (Lipinski definition) is 3. The van der Waals surface area contributed by atoms with Gasteiger partial charge in [0.25, 0.3) is 0 Å². The van der Waals surface area contributed by atoms with Crippen molar-refractivity contribution in [1.82, 2.24) is 15.3 Å². The zero-order valence-corrected chi connectivity index (χ0v) is 10.9. The molecule has 1 fully saturated rings. The Balaban J connectivity index is 1.93. The van der Waals surface area contributed by atoms with Crippen LogP contribution in [-0.4, -0.2) is 21.9 Å². The number of H-pyrrole nitrogens is 1. The first kappa shape index (κ1) is 13.1. The fourth-order valence-electron chi connectivity index (χ4n) is 2.59. The zero-order chi connectivity index (χ0) is 13.0. The van der Waals surface area contributed by atoms with E-state index >= 15 is 0 Å². The van der Waals surface area contributed by atoms with Gasteiger partial charge in [-0.1, -0.05) is 13.3 Å². The second kappa shape index (κ2) is 6.00. The first-order valence-corrected chi connectivity index (χ1v) is 6.76. The molecule has 1 saturated carbocycles. The normalized spacial score (nSPS) is 25.7. The lowest BCUT2D eigenvalue weighted by atomic mass is 9.85. The second-order valence-corrected chi connectivity index (χ2v) is 5.07. The van der Waals surface area contributed by atoms with E-state index in [9.17, 15) is 4.79 Å². The number of nitrogens with two attached hydrogens (primary N) is 1. The van der Waals surface area contributed by atoms with Crippen molar-refractivity contribution < 1.29 is 4.79 Å². The monoisotopic (exact) mass is 250 g/mol. The van der Waals surface area contributed by atoms with Crippen molar-refractivity contribution >= 4 is 5.91 Å². The predicted octanol–water partition coefficient (Wildman–Crippen LogP) is 1.49. The Morgan fingerprint density at radius 2 is 2.50 bits per heavy atom. The molecule has 18 heavy (non-hydrogen) atoms. The molecular formula is C13H22N4O. The number of carbonyl (C=O) groups excluding carboxylic acids is 1. The van der Waals surface area contributed by atoms with E-state index in [2.05, 4.69) is 15.3 Å². The quantitative estimate of drug-likeness (QED) is 0.757. The summed E-state index contributed by atoms with van der Waals surface area (Å²) in [6, 6.07) is 0.156. The van der Waals surface area contributed by atoms with Gasteiger partial charge in [-0.2, -0.15) is 0 Å². The summed E-state index contributed by atoms with van der Waals surface area (Å²) in [4.78, 5) is 19.5. The molecule has 1 aliphatic carbocycles. The average molecular weight is 250 g/mol. The number of nitrogens with one attached hydrogen (secondary N) is 2. The van der Waals surface area contributed by atoms with Crippen molar-refractivity contribution in [3.05, 3.63) is 18.2 Å². The summed E-state index contributed by atoms with van der Waals surface area (Å²) >= 11 is 0. The number of hydrogen-bond donors (Lipinski definition) is 3. The van der Waals surface area contributed by atoms with Crippen LogP contribution in [0.2, 0.25) is 0 Å². The standard InChI is InChI=1S/C13H22N4O/c1-2-11(12-15-6-7-16-12)17-13(18)9-4-3-5-10(14)8-9/h6-7,9-11H,2-5,8,14H2,1H3,(H,15,16)(H,17,18). The van der Waals surface area contributed by atoms with Gasteiger partial charge in [-0.05, 0) is 25.7 Å². The number of nitrogens with zero attached hydrogens (tertiary/aromatic N) is 1. The molecule has 5 nitrogen and oxygen atoms in total. The summed E-state index contributed by atoms with van der Waals surface area (Å²) < 4.78 is 0. The lowest BCUT2D eigenvalue weighted by Crippen LogP contribution is -2.39. The first-order chi connectivity index (χ1) is 8.70. The van der Waals surface area contributed by atoms with Gasteiger partial charge < -0.3 is 16.0 Å². The summed E-state index contributed by atoms with van der Waals surface area (Å²) in [5, 5.41) is 3.07. The topological polar surface area (TPSA) is 83.8 Å².